The normalized spacial score (nSPS) is 12.6. The molecule has 0 bridgehead atoms. The van der Waals surface area contributed by atoms with Crippen molar-refractivity contribution in [2.24, 2.45) is 5.73 Å². The molecule has 0 spiro atoms. The number of alkyl halides is 1. The molecule has 0 fully saturated rings. The van der Waals surface area contributed by atoms with Crippen LogP contribution in [0.3, 0.4) is 0 Å². The Morgan fingerprint density at radius 3 is 2.84 bits per heavy atom. The first-order chi connectivity index (χ1) is 15.1. The molecule has 9 heteroatoms. The first-order valence-electron chi connectivity index (χ1n) is 10.1. The molecule has 0 aliphatic rings. The first-order valence-corrected chi connectivity index (χ1v) is 10.1. The number of hydrogen-bond acceptors (Lipinski definition) is 6. The molecule has 8 nitrogen and oxygen atoms in total. The molecule has 1 unspecified atom stereocenters. The van der Waals surface area contributed by atoms with E-state index in [9.17, 15) is 0 Å². The molecular formula is C22H21FN8. The molecule has 2 N–H and O–H groups in total. The lowest BCUT2D eigenvalue weighted by Crippen LogP contribution is -2.05. The molecule has 0 aliphatic heterocycles. The maximum absolute atomic E-state index is 15.4. The standard InChI is InChI=1S/C22H21FN8/c1-14-3-6-20-27-28-22(31(20)29-14)21(23)15-4-5-19-16(9-15)10-17(11-25-19)18-12-26-30(13-18)8-2-7-24/h3-6,9-13,21H,2,7-8,24H2,1H3. The number of aromatic nitrogens is 7. The van der Waals surface area contributed by atoms with Gasteiger partial charge in [0.15, 0.2) is 17.6 Å². The zero-order chi connectivity index (χ0) is 21.4. The van der Waals surface area contributed by atoms with Gasteiger partial charge in [-0.15, -0.1) is 10.2 Å². The molecule has 156 valence electrons. The molecule has 0 radical (unpaired) electrons. The van der Waals surface area contributed by atoms with Crippen LogP contribution in [0.15, 0.2) is 55.0 Å². The van der Waals surface area contributed by atoms with E-state index < -0.39 is 6.17 Å². The summed E-state index contributed by atoms with van der Waals surface area (Å²) in [5.41, 5.74) is 9.99. The predicted molar refractivity (Wildman–Crippen MR) is 115 cm³/mol. The number of hydrogen-bond donors (Lipinski definition) is 1. The van der Waals surface area contributed by atoms with Gasteiger partial charge in [0.25, 0.3) is 0 Å². The number of nitrogens with zero attached hydrogens (tertiary/aromatic N) is 7. The highest BCUT2D eigenvalue weighted by atomic mass is 19.1. The maximum atomic E-state index is 15.4. The predicted octanol–water partition coefficient (Wildman–Crippen LogP) is 3.25. The van der Waals surface area contributed by atoms with Crippen LogP contribution in [0.5, 0.6) is 0 Å². The third kappa shape index (κ3) is 3.64. The van der Waals surface area contributed by atoms with Crippen LogP contribution in [-0.2, 0) is 6.54 Å². The molecule has 0 saturated carbocycles. The first kappa shape index (κ1) is 19.3. The Kier molecular flexibility index (Phi) is 4.87. The van der Waals surface area contributed by atoms with Gasteiger partial charge in [0.05, 0.1) is 17.4 Å². The fourth-order valence-corrected chi connectivity index (χ4v) is 3.56. The van der Waals surface area contributed by atoms with Gasteiger partial charge in [-0.05, 0) is 55.8 Å². The highest BCUT2D eigenvalue weighted by Crippen LogP contribution is 2.29. The Balaban J connectivity index is 1.50. The maximum Gasteiger partial charge on any atom is 0.193 e. The second-order valence-electron chi connectivity index (χ2n) is 7.48. The van der Waals surface area contributed by atoms with E-state index in [0.29, 0.717) is 17.8 Å². The Morgan fingerprint density at radius 1 is 1.06 bits per heavy atom. The minimum Gasteiger partial charge on any atom is -0.330 e. The lowest BCUT2D eigenvalue weighted by Gasteiger charge is -2.09. The van der Waals surface area contributed by atoms with E-state index in [1.807, 2.05) is 36.0 Å². The molecule has 5 rings (SSSR count). The number of halogens is 1. The molecule has 1 atom stereocenters. The van der Waals surface area contributed by atoms with Crippen LogP contribution in [0.1, 0.15) is 29.7 Å². The van der Waals surface area contributed by atoms with E-state index in [1.54, 1.807) is 30.6 Å². The number of aryl methyl sites for hydroxylation is 2. The smallest absolute Gasteiger partial charge is 0.193 e. The highest BCUT2D eigenvalue weighted by molar-refractivity contribution is 5.84. The van der Waals surface area contributed by atoms with E-state index in [1.165, 1.54) is 4.52 Å². The van der Waals surface area contributed by atoms with Gasteiger partial charge in [-0.25, -0.2) is 4.39 Å². The lowest BCUT2D eigenvalue weighted by atomic mass is 10.0. The summed E-state index contributed by atoms with van der Waals surface area (Å²) >= 11 is 0. The van der Waals surface area contributed by atoms with Crippen molar-refractivity contribution in [3.8, 4) is 11.1 Å². The summed E-state index contributed by atoms with van der Waals surface area (Å²) in [4.78, 5) is 4.53. The minimum atomic E-state index is -1.46. The summed E-state index contributed by atoms with van der Waals surface area (Å²) < 4.78 is 18.7. The van der Waals surface area contributed by atoms with E-state index >= 15 is 4.39 Å². The molecule has 4 heterocycles. The van der Waals surface area contributed by atoms with Crippen molar-refractivity contribution >= 4 is 16.6 Å². The molecule has 0 saturated heterocycles. The zero-order valence-electron chi connectivity index (χ0n) is 17.0. The van der Waals surface area contributed by atoms with Gasteiger partial charge >= 0.3 is 0 Å². The Labute approximate surface area is 177 Å². The highest BCUT2D eigenvalue weighted by Gasteiger charge is 2.21. The fraction of sp³-hybridized carbons (Fsp3) is 0.227. The quantitative estimate of drug-likeness (QED) is 0.456. The lowest BCUT2D eigenvalue weighted by molar-refractivity contribution is 0.377. The van der Waals surface area contributed by atoms with Gasteiger partial charge in [-0.1, -0.05) is 6.07 Å². The zero-order valence-corrected chi connectivity index (χ0v) is 17.0. The molecule has 0 amide bonds. The van der Waals surface area contributed by atoms with E-state index in [0.717, 1.165) is 40.7 Å². The third-order valence-corrected chi connectivity index (χ3v) is 5.20. The summed E-state index contributed by atoms with van der Waals surface area (Å²) in [5, 5.41) is 17.6. The van der Waals surface area contributed by atoms with Crippen LogP contribution in [-0.4, -0.2) is 41.1 Å². The van der Waals surface area contributed by atoms with Gasteiger partial charge in [0.1, 0.15) is 0 Å². The van der Waals surface area contributed by atoms with Gasteiger partial charge in [-0.2, -0.15) is 14.7 Å². The average Bonchev–Trinajstić information content (AvgIpc) is 3.43. The Bertz CT molecular complexity index is 1370. The number of pyridine rings is 1. The second-order valence-corrected chi connectivity index (χ2v) is 7.48. The van der Waals surface area contributed by atoms with Gasteiger partial charge in [0.2, 0.25) is 0 Å². The third-order valence-electron chi connectivity index (χ3n) is 5.20. The van der Waals surface area contributed by atoms with Crippen molar-refractivity contribution in [2.45, 2.75) is 26.1 Å². The number of fused-ring (bicyclic) bond motifs is 2. The van der Waals surface area contributed by atoms with Crippen molar-refractivity contribution in [3.63, 3.8) is 0 Å². The molecular weight excluding hydrogens is 395 g/mol. The molecule has 31 heavy (non-hydrogen) atoms. The van der Waals surface area contributed by atoms with Crippen molar-refractivity contribution < 1.29 is 4.39 Å². The van der Waals surface area contributed by atoms with Crippen molar-refractivity contribution in [2.75, 3.05) is 6.54 Å². The van der Waals surface area contributed by atoms with Crippen molar-refractivity contribution in [1.82, 2.24) is 34.6 Å². The van der Waals surface area contributed by atoms with Crippen LogP contribution >= 0.6 is 0 Å². The molecule has 5 aromatic rings. The fourth-order valence-electron chi connectivity index (χ4n) is 3.56. The number of benzene rings is 1. The van der Waals surface area contributed by atoms with Crippen LogP contribution < -0.4 is 5.73 Å². The van der Waals surface area contributed by atoms with E-state index in [-0.39, 0.29) is 5.82 Å². The Morgan fingerprint density at radius 2 is 1.97 bits per heavy atom. The van der Waals surface area contributed by atoms with E-state index in [4.69, 9.17) is 5.73 Å². The topological polar surface area (TPSA) is 99.8 Å². The minimum absolute atomic E-state index is 0.156. The largest absolute Gasteiger partial charge is 0.330 e. The van der Waals surface area contributed by atoms with Gasteiger partial charge in [-0.3, -0.25) is 9.67 Å². The average molecular weight is 416 g/mol. The molecule has 1 aromatic carbocycles. The summed E-state index contributed by atoms with van der Waals surface area (Å²) in [7, 11) is 0. The van der Waals surface area contributed by atoms with Gasteiger partial charge in [0, 0.05) is 35.5 Å². The second kappa shape index (κ2) is 7.84. The number of nitrogens with two attached hydrogens (primary N) is 1. The SMILES string of the molecule is Cc1ccc2nnc(C(F)c3ccc4ncc(-c5cnn(CCCN)c5)cc4c3)n2n1. The van der Waals surface area contributed by atoms with Crippen LogP contribution in [0.4, 0.5) is 4.39 Å². The number of rotatable bonds is 6. The van der Waals surface area contributed by atoms with Crippen molar-refractivity contribution in [1.29, 1.82) is 0 Å². The van der Waals surface area contributed by atoms with Crippen LogP contribution in [0.25, 0.3) is 27.7 Å². The summed E-state index contributed by atoms with van der Waals surface area (Å²) in [6, 6.07) is 10.9. The Hall–Kier alpha value is -3.72. The van der Waals surface area contributed by atoms with Crippen LogP contribution in [0.2, 0.25) is 0 Å². The van der Waals surface area contributed by atoms with E-state index in [2.05, 4.69) is 25.4 Å². The van der Waals surface area contributed by atoms with Gasteiger partial charge < -0.3 is 5.73 Å². The van der Waals surface area contributed by atoms with Crippen LogP contribution in [0, 0.1) is 6.92 Å². The van der Waals surface area contributed by atoms with Crippen molar-refractivity contribution in [3.05, 3.63) is 72.1 Å². The summed E-state index contributed by atoms with van der Waals surface area (Å²) in [5.74, 6) is 0.156. The molecule has 4 aromatic heterocycles. The monoisotopic (exact) mass is 416 g/mol. The summed E-state index contributed by atoms with van der Waals surface area (Å²) in [6.07, 6.45) is 4.98. The summed E-state index contributed by atoms with van der Waals surface area (Å²) in [6.45, 7) is 3.24. The molecule has 0 aliphatic carbocycles.